The number of fused-ring (bicyclic) bond motifs is 2. The highest BCUT2D eigenvalue weighted by Gasteiger charge is 2.33. The minimum absolute atomic E-state index is 0.151. The zero-order chi connectivity index (χ0) is 39.1. The van der Waals surface area contributed by atoms with Crippen LogP contribution in [0.4, 0.5) is 11.4 Å². The Bertz CT molecular complexity index is 2430. The van der Waals surface area contributed by atoms with Crippen molar-refractivity contribution in [2.75, 3.05) is 44.0 Å². The highest BCUT2D eigenvalue weighted by Crippen LogP contribution is 2.37. The van der Waals surface area contributed by atoms with Gasteiger partial charge in [-0.15, -0.1) is 0 Å². The second kappa shape index (κ2) is 15.3. The van der Waals surface area contributed by atoms with Crippen LogP contribution < -0.4 is 26.0 Å². The molecule has 0 bridgehead atoms. The number of carbonyl (C=O) groups excluding carboxylic acids is 3. The summed E-state index contributed by atoms with van der Waals surface area (Å²) in [5.41, 5.74) is 3.91. The van der Waals surface area contributed by atoms with E-state index in [0.717, 1.165) is 80.3 Å². The molecule has 3 amide bonds. The van der Waals surface area contributed by atoms with Gasteiger partial charge < -0.3 is 19.9 Å². The summed E-state index contributed by atoms with van der Waals surface area (Å²) < 4.78 is 10.9. The molecule has 15 nitrogen and oxygen atoms in total. The van der Waals surface area contributed by atoms with Crippen LogP contribution in [0, 0.1) is 17.2 Å². The number of ether oxygens (including phenoxy) is 1. The highest BCUT2D eigenvalue weighted by atomic mass is 16.5. The Kier molecular flexibility index (Phi) is 10.1. The predicted octanol–water partition coefficient (Wildman–Crippen LogP) is 4.53. The molecule has 2 saturated heterocycles. The summed E-state index contributed by atoms with van der Waals surface area (Å²) in [5, 5.41) is 20.3. The molecule has 1 aliphatic carbocycles. The number of anilines is 2. The number of imide groups is 1. The van der Waals surface area contributed by atoms with E-state index in [1.807, 2.05) is 36.5 Å². The summed E-state index contributed by atoms with van der Waals surface area (Å²) in [6, 6.07) is 16.4. The van der Waals surface area contributed by atoms with Crippen molar-refractivity contribution in [3.8, 4) is 11.8 Å². The molecule has 5 heterocycles. The molecule has 56 heavy (non-hydrogen) atoms. The second-order valence-electron chi connectivity index (χ2n) is 15.4. The number of piperidine rings is 2. The van der Waals surface area contributed by atoms with Crippen LogP contribution in [-0.4, -0.2) is 86.4 Å². The fourth-order valence-electron chi connectivity index (χ4n) is 8.93. The molecule has 8 rings (SSSR count). The summed E-state index contributed by atoms with van der Waals surface area (Å²) in [7, 11) is 5.56. The molecule has 3 aliphatic rings. The van der Waals surface area contributed by atoms with Crippen molar-refractivity contribution in [1.29, 1.82) is 5.26 Å². The largest absolute Gasteiger partial charge is 0.494 e. The van der Waals surface area contributed by atoms with Gasteiger partial charge in [0.1, 0.15) is 29.2 Å². The van der Waals surface area contributed by atoms with Crippen LogP contribution in [0.3, 0.4) is 0 Å². The van der Waals surface area contributed by atoms with Gasteiger partial charge in [0.2, 0.25) is 11.8 Å². The summed E-state index contributed by atoms with van der Waals surface area (Å²) in [4.78, 5) is 59.9. The van der Waals surface area contributed by atoms with E-state index >= 15 is 0 Å². The topological polar surface area (TPSA) is 172 Å². The summed E-state index contributed by atoms with van der Waals surface area (Å²) in [5.74, 6) is -0.0499. The van der Waals surface area contributed by atoms with Crippen LogP contribution >= 0.6 is 0 Å². The number of nitrogens with one attached hydrogen (secondary N) is 2. The monoisotopic (exact) mass is 758 g/mol. The summed E-state index contributed by atoms with van der Waals surface area (Å²) >= 11 is 0. The quantitative estimate of drug-likeness (QED) is 0.204. The molecule has 0 radical (unpaired) electrons. The molecule has 2 aliphatic heterocycles. The molecule has 2 N–H and O–H groups in total. The van der Waals surface area contributed by atoms with E-state index in [1.54, 1.807) is 41.5 Å². The fourth-order valence-corrected chi connectivity index (χ4v) is 8.93. The number of carbonyl (C=O) groups is 3. The second-order valence-corrected chi connectivity index (χ2v) is 15.4. The van der Waals surface area contributed by atoms with Gasteiger partial charge in [-0.25, -0.2) is 9.78 Å². The van der Waals surface area contributed by atoms with E-state index in [9.17, 15) is 19.2 Å². The molecule has 3 aromatic heterocycles. The number of nitrogens with zero attached hydrogens (tertiary/aromatic N) is 8. The lowest BCUT2D eigenvalue weighted by molar-refractivity contribution is -0.135. The Morgan fingerprint density at radius 2 is 1.80 bits per heavy atom. The third-order valence-electron chi connectivity index (χ3n) is 12.0. The number of aromatic nitrogens is 5. The van der Waals surface area contributed by atoms with Crippen LogP contribution in [0.1, 0.15) is 79.6 Å². The fraction of sp³-hybridized carbons (Fsp3) is 0.439. The van der Waals surface area contributed by atoms with E-state index in [2.05, 4.69) is 43.2 Å². The van der Waals surface area contributed by atoms with Gasteiger partial charge in [-0.3, -0.25) is 33.5 Å². The van der Waals surface area contributed by atoms with Gasteiger partial charge in [0.05, 0.1) is 41.1 Å². The average Bonchev–Trinajstić information content (AvgIpc) is 3.75. The van der Waals surface area contributed by atoms with Gasteiger partial charge in [-0.1, -0.05) is 12.1 Å². The Morgan fingerprint density at radius 3 is 2.54 bits per heavy atom. The predicted molar refractivity (Wildman–Crippen MR) is 211 cm³/mol. The van der Waals surface area contributed by atoms with Crippen LogP contribution in [0.15, 0.2) is 59.5 Å². The molecule has 1 saturated carbocycles. The number of benzene rings is 2. The smallest absolute Gasteiger partial charge is 0.329 e. The SMILES string of the molecule is COc1cc2nn([C@H]3CC[C@H](CN(C)C4CCN(c5cccc6c5n(C)c(=O)n6C5CCC(=O)NC5=O)CC4)CC3)cc2cc1NC(=O)c1cccc(C#N)n1. The van der Waals surface area contributed by atoms with Gasteiger partial charge >= 0.3 is 5.69 Å². The number of hydrogen-bond acceptors (Lipinski definition) is 10. The van der Waals surface area contributed by atoms with Gasteiger partial charge in [0, 0.05) is 56.8 Å². The van der Waals surface area contributed by atoms with Crippen LogP contribution in [0.5, 0.6) is 5.75 Å². The number of imidazole rings is 1. The Labute approximate surface area is 323 Å². The van der Waals surface area contributed by atoms with E-state index in [-0.39, 0.29) is 35.4 Å². The van der Waals surface area contributed by atoms with Gasteiger partial charge in [0.15, 0.2) is 0 Å². The zero-order valence-corrected chi connectivity index (χ0v) is 31.9. The van der Waals surface area contributed by atoms with E-state index in [4.69, 9.17) is 15.1 Å². The van der Waals surface area contributed by atoms with Gasteiger partial charge in [0.25, 0.3) is 5.91 Å². The maximum Gasteiger partial charge on any atom is 0.329 e. The first kappa shape index (κ1) is 36.9. The van der Waals surface area contributed by atoms with Crippen molar-refractivity contribution in [2.45, 2.75) is 69.5 Å². The van der Waals surface area contributed by atoms with E-state index in [1.165, 1.54) is 0 Å². The normalized spacial score (nSPS) is 20.7. The number of methoxy groups -OCH3 is 1. The van der Waals surface area contributed by atoms with Crippen molar-refractivity contribution in [1.82, 2.24) is 34.1 Å². The Balaban J connectivity index is 0.867. The average molecular weight is 759 g/mol. The van der Waals surface area contributed by atoms with E-state index in [0.29, 0.717) is 35.3 Å². The van der Waals surface area contributed by atoms with Crippen molar-refractivity contribution in [3.63, 3.8) is 0 Å². The first-order valence-corrected chi connectivity index (χ1v) is 19.4. The molecular weight excluding hydrogens is 713 g/mol. The minimum Gasteiger partial charge on any atom is -0.494 e. The lowest BCUT2D eigenvalue weighted by atomic mass is 9.85. The number of amides is 3. The standard InChI is InChI=1S/C41H46N10O5/c1-47(28-16-18-49(19-17-28)33-8-5-9-34-38(33)48(2)41(55)51(34)35-14-15-37(52)45-40(35)54)23-25-10-12-29(13-11-25)50-24-26-20-32(36(56-3)21-31(26)46-50)44-39(53)30-7-4-6-27(22-42)43-30/h4-9,20-21,24-25,28-29,35H,10-19,23H2,1-3H3,(H,44,53)(H,45,52,54)/t25-,29-,35?. The van der Waals surface area contributed by atoms with E-state index < -0.39 is 17.9 Å². The minimum atomic E-state index is -0.703. The Morgan fingerprint density at radius 1 is 1.04 bits per heavy atom. The zero-order valence-electron chi connectivity index (χ0n) is 31.9. The molecule has 1 unspecified atom stereocenters. The molecule has 3 fully saturated rings. The van der Waals surface area contributed by atoms with Crippen molar-refractivity contribution >= 4 is 51.0 Å². The third-order valence-corrected chi connectivity index (χ3v) is 12.0. The molecule has 2 aromatic carbocycles. The van der Waals surface area contributed by atoms with Gasteiger partial charge in [-0.2, -0.15) is 10.4 Å². The van der Waals surface area contributed by atoms with Crippen LogP contribution in [0.2, 0.25) is 0 Å². The van der Waals surface area contributed by atoms with Gasteiger partial charge in [-0.05, 0) is 88.2 Å². The third kappa shape index (κ3) is 7.01. The number of hydrogen-bond donors (Lipinski definition) is 2. The maximum absolute atomic E-state index is 13.5. The molecule has 1 atom stereocenters. The number of nitriles is 1. The van der Waals surface area contributed by atoms with Crippen LogP contribution in [0.25, 0.3) is 21.9 Å². The highest BCUT2D eigenvalue weighted by molar-refractivity contribution is 6.05. The molecule has 290 valence electrons. The molecule has 0 spiro atoms. The van der Waals surface area contributed by atoms with Crippen molar-refractivity contribution in [3.05, 3.63) is 76.6 Å². The lowest BCUT2D eigenvalue weighted by Crippen LogP contribution is -2.45. The van der Waals surface area contributed by atoms with Crippen molar-refractivity contribution in [2.24, 2.45) is 13.0 Å². The molecule has 15 heteroatoms. The number of aryl methyl sites for hydroxylation is 1. The van der Waals surface area contributed by atoms with Crippen molar-refractivity contribution < 1.29 is 19.1 Å². The summed E-state index contributed by atoms with van der Waals surface area (Å²) in [6.07, 6.45) is 8.90. The molecule has 5 aromatic rings. The number of para-hydroxylation sites is 1. The lowest BCUT2D eigenvalue weighted by Gasteiger charge is -2.40. The Hall–Kier alpha value is -6.01. The summed E-state index contributed by atoms with van der Waals surface area (Å²) in [6.45, 7) is 2.78. The first-order valence-electron chi connectivity index (χ1n) is 19.4. The number of pyridine rings is 1. The maximum atomic E-state index is 13.5. The molecular formula is C41H46N10O5. The first-order chi connectivity index (χ1) is 27.1. The van der Waals surface area contributed by atoms with Crippen LogP contribution in [-0.2, 0) is 16.6 Å². The number of rotatable bonds is 9.